The average molecular weight is 374 g/mol. The molecule has 1 saturated heterocycles. The van der Waals surface area contributed by atoms with Gasteiger partial charge in [-0.1, -0.05) is 98.6 Å². The first-order valence-electron chi connectivity index (χ1n) is 9.52. The molecule has 1 heterocycles. The summed E-state index contributed by atoms with van der Waals surface area (Å²) in [7, 11) is -0.657. The number of hydrogen-bond acceptors (Lipinski definition) is 1. The van der Waals surface area contributed by atoms with Gasteiger partial charge in [0, 0.05) is 11.5 Å². The highest BCUT2D eigenvalue weighted by molar-refractivity contribution is 7.77. The van der Waals surface area contributed by atoms with Crippen LogP contribution in [0.15, 0.2) is 95.2 Å². The van der Waals surface area contributed by atoms with E-state index in [1.165, 1.54) is 21.5 Å². The van der Waals surface area contributed by atoms with Crippen LogP contribution in [-0.2, 0) is 4.74 Å². The maximum Gasteiger partial charge on any atom is 0.0726 e. The second-order valence-electron chi connectivity index (χ2n) is 7.34. The Bertz CT molecular complexity index is 857. The summed E-state index contributed by atoms with van der Waals surface area (Å²) in [5, 5.41) is 8.98. The number of hydrogen-bond donors (Lipinski definition) is 0. The van der Waals surface area contributed by atoms with Gasteiger partial charge < -0.3 is 10.1 Å². The largest absolute Gasteiger partial charge is 0.648 e. The number of nitrogens with zero attached hydrogens (tertiary/aromatic N) is 1. The summed E-state index contributed by atoms with van der Waals surface area (Å²) >= 11 is 0. The third-order valence-electron chi connectivity index (χ3n) is 5.05. The quantitative estimate of drug-likeness (QED) is 0.639. The van der Waals surface area contributed by atoms with Crippen molar-refractivity contribution >= 4 is 18.5 Å². The van der Waals surface area contributed by atoms with Gasteiger partial charge in [-0.25, -0.2) is 0 Å². The van der Waals surface area contributed by atoms with Crippen LogP contribution < -0.4 is 10.6 Å². The number of benzene rings is 2. The molecule has 1 atom stereocenters. The summed E-state index contributed by atoms with van der Waals surface area (Å²) in [5.41, 5.74) is 2.47. The lowest BCUT2D eigenvalue weighted by molar-refractivity contribution is 0.243. The molecule has 1 fully saturated rings. The van der Waals surface area contributed by atoms with E-state index in [1.54, 1.807) is 0 Å². The second kappa shape index (κ2) is 7.74. The topological polar surface area (TPSA) is 23.3 Å². The monoisotopic (exact) mass is 374 g/mol. The van der Waals surface area contributed by atoms with Crippen LogP contribution in [-0.4, -0.2) is 12.6 Å². The van der Waals surface area contributed by atoms with Gasteiger partial charge in [-0.2, -0.15) is 0 Å². The van der Waals surface area contributed by atoms with E-state index in [-0.39, 0.29) is 6.04 Å². The van der Waals surface area contributed by atoms with Crippen LogP contribution in [0.3, 0.4) is 0 Å². The minimum absolute atomic E-state index is 0.253. The van der Waals surface area contributed by atoms with Crippen molar-refractivity contribution in [1.82, 2.24) is 0 Å². The van der Waals surface area contributed by atoms with Gasteiger partial charge in [0.1, 0.15) is 0 Å². The molecule has 0 amide bonds. The molecule has 2 nitrogen and oxygen atoms in total. The summed E-state index contributed by atoms with van der Waals surface area (Å²) in [5.74, 6) is 1.31. The molecular formula is C24H25NOP-. The fourth-order valence-corrected chi connectivity index (χ4v) is 6.08. The first kappa shape index (κ1) is 18.1. The predicted octanol–water partition coefficient (Wildman–Crippen LogP) is 5.60. The van der Waals surface area contributed by atoms with Crippen molar-refractivity contribution in [3.05, 3.63) is 100 Å². The van der Waals surface area contributed by atoms with Gasteiger partial charge >= 0.3 is 0 Å². The maximum absolute atomic E-state index is 6.05. The SMILES string of the molecule is CC1=C(P(c2ccccc2)c2ccccc2)/C(=C2\[N-][C@@H](C(C)C)CO2)C=C1. The summed E-state index contributed by atoms with van der Waals surface area (Å²) in [6.45, 7) is 7.30. The standard InChI is InChI=1S/C24H25NOP/c1-17(2)22-16-26-24(25-22)21-15-14-18(3)23(21)27(19-10-6-4-7-11-19)20-12-8-5-9-13-20/h4-15,17,22H,16H2,1-3H3/q-1/b24-21+/t22-/m1/s1. The average Bonchev–Trinajstić information content (AvgIpc) is 3.32. The Hall–Kier alpha value is -2.31. The summed E-state index contributed by atoms with van der Waals surface area (Å²) in [6.07, 6.45) is 4.40. The Balaban J connectivity index is 1.81. The Morgan fingerprint density at radius 2 is 1.52 bits per heavy atom. The molecule has 0 bridgehead atoms. The van der Waals surface area contributed by atoms with E-state index in [2.05, 4.69) is 93.6 Å². The minimum atomic E-state index is -0.657. The van der Waals surface area contributed by atoms with Crippen molar-refractivity contribution < 1.29 is 4.74 Å². The highest BCUT2D eigenvalue weighted by atomic mass is 31.1. The third-order valence-corrected chi connectivity index (χ3v) is 7.72. The zero-order chi connectivity index (χ0) is 18.8. The smallest absolute Gasteiger partial charge is 0.0726 e. The van der Waals surface area contributed by atoms with E-state index in [0.29, 0.717) is 12.5 Å². The van der Waals surface area contributed by atoms with Crippen molar-refractivity contribution in [1.29, 1.82) is 0 Å². The highest BCUT2D eigenvalue weighted by Gasteiger charge is 2.27. The molecule has 0 radical (unpaired) electrons. The number of ether oxygens (including phenoxy) is 1. The number of allylic oxidation sites excluding steroid dienone is 5. The van der Waals surface area contributed by atoms with Crippen LogP contribution in [0.2, 0.25) is 0 Å². The molecule has 1 aliphatic heterocycles. The van der Waals surface area contributed by atoms with Gasteiger partial charge in [-0.05, 0) is 36.3 Å². The fraction of sp³-hybridized carbons (Fsp3) is 0.250. The van der Waals surface area contributed by atoms with E-state index in [1.807, 2.05) is 0 Å². The van der Waals surface area contributed by atoms with Crippen LogP contribution in [0, 0.1) is 5.92 Å². The predicted molar refractivity (Wildman–Crippen MR) is 116 cm³/mol. The van der Waals surface area contributed by atoms with Gasteiger partial charge in [-0.15, -0.1) is 0 Å². The molecule has 4 rings (SSSR count). The van der Waals surface area contributed by atoms with E-state index in [0.717, 1.165) is 11.5 Å². The molecule has 0 aromatic heterocycles. The van der Waals surface area contributed by atoms with Crippen molar-refractivity contribution in [2.24, 2.45) is 5.92 Å². The lowest BCUT2D eigenvalue weighted by atomic mass is 10.1. The molecule has 0 N–H and O–H groups in total. The molecule has 138 valence electrons. The fourth-order valence-electron chi connectivity index (χ4n) is 3.49. The van der Waals surface area contributed by atoms with Gasteiger partial charge in [0.25, 0.3) is 0 Å². The highest BCUT2D eigenvalue weighted by Crippen LogP contribution is 2.52. The van der Waals surface area contributed by atoms with Gasteiger partial charge in [-0.3, -0.25) is 0 Å². The van der Waals surface area contributed by atoms with Crippen LogP contribution >= 0.6 is 7.92 Å². The molecule has 1 aliphatic carbocycles. The molecule has 2 aromatic carbocycles. The Labute approximate surface area is 163 Å². The van der Waals surface area contributed by atoms with E-state index < -0.39 is 7.92 Å². The van der Waals surface area contributed by atoms with Crippen LogP contribution in [0.25, 0.3) is 5.32 Å². The van der Waals surface area contributed by atoms with Crippen molar-refractivity contribution in [2.45, 2.75) is 26.8 Å². The van der Waals surface area contributed by atoms with Crippen molar-refractivity contribution in [2.75, 3.05) is 6.61 Å². The van der Waals surface area contributed by atoms with E-state index in [4.69, 9.17) is 10.1 Å². The zero-order valence-corrected chi connectivity index (χ0v) is 17.0. The molecular weight excluding hydrogens is 349 g/mol. The molecule has 3 heteroatoms. The van der Waals surface area contributed by atoms with E-state index >= 15 is 0 Å². The lowest BCUT2D eigenvalue weighted by Gasteiger charge is -2.28. The molecule has 0 spiro atoms. The van der Waals surface area contributed by atoms with E-state index in [9.17, 15) is 0 Å². The summed E-state index contributed by atoms with van der Waals surface area (Å²) in [4.78, 5) is 0. The second-order valence-corrected chi connectivity index (χ2v) is 9.49. The first-order valence-corrected chi connectivity index (χ1v) is 10.9. The Kier molecular flexibility index (Phi) is 5.18. The van der Waals surface area contributed by atoms with Gasteiger partial charge in [0.05, 0.1) is 6.61 Å². The first-order chi connectivity index (χ1) is 13.1. The molecule has 2 aromatic rings. The molecule has 27 heavy (non-hydrogen) atoms. The molecule has 2 aliphatic rings. The summed E-state index contributed by atoms with van der Waals surface area (Å²) in [6, 6.07) is 21.9. The molecule has 0 unspecified atom stereocenters. The normalized spacial score (nSPS) is 21.9. The zero-order valence-electron chi connectivity index (χ0n) is 16.1. The minimum Gasteiger partial charge on any atom is -0.648 e. The number of rotatable bonds is 4. The Morgan fingerprint density at radius 1 is 0.926 bits per heavy atom. The maximum atomic E-state index is 6.05. The summed E-state index contributed by atoms with van der Waals surface area (Å²) < 4.78 is 6.05. The van der Waals surface area contributed by atoms with Crippen LogP contribution in [0.5, 0.6) is 0 Å². The van der Waals surface area contributed by atoms with Crippen molar-refractivity contribution in [3.63, 3.8) is 0 Å². The molecule has 0 saturated carbocycles. The van der Waals surface area contributed by atoms with Gasteiger partial charge in [0.15, 0.2) is 0 Å². The lowest BCUT2D eigenvalue weighted by Crippen LogP contribution is -2.14. The third kappa shape index (κ3) is 3.59. The Morgan fingerprint density at radius 3 is 2.04 bits per heavy atom. The van der Waals surface area contributed by atoms with Crippen molar-refractivity contribution in [3.8, 4) is 0 Å². The van der Waals surface area contributed by atoms with Gasteiger partial charge in [0.2, 0.25) is 0 Å². The van der Waals surface area contributed by atoms with Crippen LogP contribution in [0.4, 0.5) is 0 Å². The van der Waals surface area contributed by atoms with Crippen LogP contribution in [0.1, 0.15) is 20.8 Å².